The summed E-state index contributed by atoms with van der Waals surface area (Å²) < 4.78 is 0. The fraction of sp³-hybridized carbons (Fsp3) is 0.267. The number of nitrogens with zero attached hydrogens (tertiary/aromatic N) is 1. The molecule has 1 aromatic carbocycles. The minimum absolute atomic E-state index is 0.946. The highest BCUT2D eigenvalue weighted by molar-refractivity contribution is 5.62. The van der Waals surface area contributed by atoms with E-state index in [-0.39, 0.29) is 0 Å². The average molecular weight is 226 g/mol. The molecular weight excluding hydrogens is 208 g/mol. The molecular formula is C15H18N2. The first-order chi connectivity index (χ1) is 8.40. The lowest BCUT2D eigenvalue weighted by atomic mass is 10.1. The Balaban J connectivity index is 2.03. The number of pyridine rings is 1. The van der Waals surface area contributed by atoms with E-state index in [1.54, 1.807) is 6.20 Å². The first-order valence-corrected chi connectivity index (χ1v) is 6.10. The van der Waals surface area contributed by atoms with Gasteiger partial charge in [-0.2, -0.15) is 0 Å². The summed E-state index contributed by atoms with van der Waals surface area (Å²) in [4.78, 5) is 4.13. The highest BCUT2D eigenvalue weighted by atomic mass is 14.8. The van der Waals surface area contributed by atoms with Gasteiger partial charge in [-0.25, -0.2) is 0 Å². The van der Waals surface area contributed by atoms with Crippen molar-refractivity contribution in [1.29, 1.82) is 0 Å². The van der Waals surface area contributed by atoms with E-state index in [9.17, 15) is 0 Å². The van der Waals surface area contributed by atoms with Gasteiger partial charge in [-0.05, 0) is 35.7 Å². The Hall–Kier alpha value is -1.67. The lowest BCUT2D eigenvalue weighted by molar-refractivity contribution is 0.675. The van der Waals surface area contributed by atoms with Gasteiger partial charge < -0.3 is 5.32 Å². The van der Waals surface area contributed by atoms with Crippen LogP contribution in [0.15, 0.2) is 48.8 Å². The van der Waals surface area contributed by atoms with Crippen LogP contribution in [0.4, 0.5) is 0 Å². The molecule has 0 saturated heterocycles. The molecule has 1 N–H and O–H groups in total. The number of nitrogens with one attached hydrogen (secondary N) is 1. The van der Waals surface area contributed by atoms with Crippen LogP contribution in [0.1, 0.15) is 18.9 Å². The van der Waals surface area contributed by atoms with Crippen molar-refractivity contribution in [1.82, 2.24) is 10.3 Å². The second-order valence-corrected chi connectivity index (χ2v) is 4.12. The number of benzene rings is 1. The molecule has 0 aliphatic heterocycles. The first-order valence-electron chi connectivity index (χ1n) is 6.10. The van der Waals surface area contributed by atoms with Gasteiger partial charge in [0, 0.05) is 18.9 Å². The standard InChI is InChI=1S/C15H18N2/c1-2-9-16-11-13-5-7-14(8-6-13)15-4-3-10-17-12-15/h3-8,10,12,16H,2,9,11H2,1H3. The third-order valence-electron chi connectivity index (χ3n) is 2.70. The minimum atomic E-state index is 0.946. The van der Waals surface area contributed by atoms with Gasteiger partial charge in [-0.1, -0.05) is 37.3 Å². The molecule has 0 fully saturated rings. The topological polar surface area (TPSA) is 24.9 Å². The van der Waals surface area contributed by atoms with E-state index < -0.39 is 0 Å². The van der Waals surface area contributed by atoms with Crippen molar-refractivity contribution < 1.29 is 0 Å². The molecule has 17 heavy (non-hydrogen) atoms. The Morgan fingerprint density at radius 3 is 2.53 bits per heavy atom. The summed E-state index contributed by atoms with van der Waals surface area (Å²) in [5, 5.41) is 3.40. The summed E-state index contributed by atoms with van der Waals surface area (Å²) in [5.74, 6) is 0. The Bertz CT molecular complexity index is 434. The summed E-state index contributed by atoms with van der Waals surface area (Å²) in [6.07, 6.45) is 4.87. The molecule has 0 aliphatic carbocycles. The zero-order valence-electron chi connectivity index (χ0n) is 10.2. The largest absolute Gasteiger partial charge is 0.313 e. The minimum Gasteiger partial charge on any atom is -0.313 e. The van der Waals surface area contributed by atoms with Crippen LogP contribution in [0.2, 0.25) is 0 Å². The SMILES string of the molecule is CCCNCc1ccc(-c2cccnc2)cc1. The van der Waals surface area contributed by atoms with E-state index in [0.29, 0.717) is 0 Å². The molecule has 0 saturated carbocycles. The lowest BCUT2D eigenvalue weighted by Crippen LogP contribution is -2.13. The highest BCUT2D eigenvalue weighted by Crippen LogP contribution is 2.18. The summed E-state index contributed by atoms with van der Waals surface area (Å²) in [6, 6.07) is 12.7. The molecule has 2 heteroatoms. The predicted molar refractivity (Wildman–Crippen MR) is 71.7 cm³/mol. The third-order valence-corrected chi connectivity index (χ3v) is 2.70. The van der Waals surface area contributed by atoms with Crippen LogP contribution in [-0.4, -0.2) is 11.5 Å². The molecule has 2 aromatic rings. The molecule has 0 aliphatic rings. The van der Waals surface area contributed by atoms with Crippen molar-refractivity contribution in [3.05, 3.63) is 54.4 Å². The van der Waals surface area contributed by atoms with Gasteiger partial charge in [-0.15, -0.1) is 0 Å². The van der Waals surface area contributed by atoms with Gasteiger partial charge in [0.2, 0.25) is 0 Å². The van der Waals surface area contributed by atoms with E-state index in [1.807, 2.05) is 12.3 Å². The van der Waals surface area contributed by atoms with Crippen LogP contribution in [0.25, 0.3) is 11.1 Å². The monoisotopic (exact) mass is 226 g/mol. The molecule has 2 rings (SSSR count). The van der Waals surface area contributed by atoms with Gasteiger partial charge in [0.1, 0.15) is 0 Å². The normalized spacial score (nSPS) is 10.4. The fourth-order valence-corrected chi connectivity index (χ4v) is 1.76. The first kappa shape index (κ1) is 11.8. The van der Waals surface area contributed by atoms with Gasteiger partial charge >= 0.3 is 0 Å². The van der Waals surface area contributed by atoms with E-state index >= 15 is 0 Å². The molecule has 2 nitrogen and oxygen atoms in total. The highest BCUT2D eigenvalue weighted by Gasteiger charge is 1.97. The van der Waals surface area contributed by atoms with E-state index in [2.05, 4.69) is 47.6 Å². The van der Waals surface area contributed by atoms with Crippen molar-refractivity contribution in [3.63, 3.8) is 0 Å². The van der Waals surface area contributed by atoms with Crippen LogP contribution < -0.4 is 5.32 Å². The maximum atomic E-state index is 4.13. The average Bonchev–Trinajstić information content (AvgIpc) is 2.41. The fourth-order valence-electron chi connectivity index (χ4n) is 1.76. The number of aromatic nitrogens is 1. The van der Waals surface area contributed by atoms with E-state index in [4.69, 9.17) is 0 Å². The molecule has 0 atom stereocenters. The van der Waals surface area contributed by atoms with Crippen LogP contribution in [-0.2, 0) is 6.54 Å². The van der Waals surface area contributed by atoms with Crippen molar-refractivity contribution in [2.45, 2.75) is 19.9 Å². The summed E-state index contributed by atoms with van der Waals surface area (Å²) in [6.45, 7) is 4.20. The van der Waals surface area contributed by atoms with Crippen LogP contribution in [0.5, 0.6) is 0 Å². The Labute approximate surface area is 103 Å². The maximum Gasteiger partial charge on any atom is 0.0346 e. The number of hydrogen-bond donors (Lipinski definition) is 1. The molecule has 0 unspecified atom stereocenters. The summed E-state index contributed by atoms with van der Waals surface area (Å²) >= 11 is 0. The smallest absolute Gasteiger partial charge is 0.0346 e. The summed E-state index contributed by atoms with van der Waals surface area (Å²) in [5.41, 5.74) is 3.71. The Kier molecular flexibility index (Phi) is 4.28. The Morgan fingerprint density at radius 2 is 1.88 bits per heavy atom. The van der Waals surface area contributed by atoms with Gasteiger partial charge in [0.25, 0.3) is 0 Å². The second kappa shape index (κ2) is 6.16. The molecule has 0 amide bonds. The quantitative estimate of drug-likeness (QED) is 0.792. The van der Waals surface area contributed by atoms with Crippen molar-refractivity contribution in [2.24, 2.45) is 0 Å². The lowest BCUT2D eigenvalue weighted by Gasteiger charge is -2.05. The predicted octanol–water partition coefficient (Wildman–Crippen LogP) is 3.25. The van der Waals surface area contributed by atoms with Crippen molar-refractivity contribution >= 4 is 0 Å². The van der Waals surface area contributed by atoms with Crippen molar-refractivity contribution in [2.75, 3.05) is 6.54 Å². The molecule has 88 valence electrons. The van der Waals surface area contributed by atoms with Crippen LogP contribution in [0.3, 0.4) is 0 Å². The van der Waals surface area contributed by atoms with Crippen LogP contribution >= 0.6 is 0 Å². The van der Waals surface area contributed by atoms with E-state index in [1.165, 1.54) is 23.1 Å². The maximum absolute atomic E-state index is 4.13. The second-order valence-electron chi connectivity index (χ2n) is 4.12. The number of hydrogen-bond acceptors (Lipinski definition) is 2. The Morgan fingerprint density at radius 1 is 1.06 bits per heavy atom. The van der Waals surface area contributed by atoms with Gasteiger partial charge in [0.15, 0.2) is 0 Å². The molecule has 0 bridgehead atoms. The van der Waals surface area contributed by atoms with Crippen LogP contribution in [0, 0.1) is 0 Å². The van der Waals surface area contributed by atoms with Gasteiger partial charge in [-0.3, -0.25) is 4.98 Å². The molecule has 1 aromatic heterocycles. The number of rotatable bonds is 5. The van der Waals surface area contributed by atoms with Gasteiger partial charge in [0.05, 0.1) is 0 Å². The summed E-state index contributed by atoms with van der Waals surface area (Å²) in [7, 11) is 0. The molecule has 0 radical (unpaired) electrons. The molecule has 0 spiro atoms. The zero-order valence-corrected chi connectivity index (χ0v) is 10.2. The zero-order chi connectivity index (χ0) is 11.9. The van der Waals surface area contributed by atoms with E-state index in [0.717, 1.165) is 13.1 Å². The third kappa shape index (κ3) is 3.40. The van der Waals surface area contributed by atoms with Crippen molar-refractivity contribution in [3.8, 4) is 11.1 Å². The molecule has 1 heterocycles.